The van der Waals surface area contributed by atoms with Crippen molar-refractivity contribution in [2.75, 3.05) is 13.6 Å². The highest BCUT2D eigenvalue weighted by atomic mass is 35.5. The maximum absolute atomic E-state index is 12.0. The molecule has 98 valence electrons. The maximum Gasteiger partial charge on any atom is 0.308 e. The Hall–Kier alpha value is -1.26. The number of hydrogen-bond acceptors (Lipinski definition) is 2. The number of carbonyl (C=O) groups is 2. The summed E-state index contributed by atoms with van der Waals surface area (Å²) in [5.41, 5.74) is 0.340. The first-order valence-electron chi connectivity index (χ1n) is 5.25. The summed E-state index contributed by atoms with van der Waals surface area (Å²) in [6.07, 6.45) is 0. The third-order valence-corrected chi connectivity index (χ3v) is 2.86. The molecule has 0 saturated heterocycles. The first kappa shape index (κ1) is 14.8. The number of carbonyl (C=O) groups excluding carboxylic acids is 1. The number of rotatable bonds is 4. The van der Waals surface area contributed by atoms with E-state index in [1.165, 1.54) is 37.1 Å². The van der Waals surface area contributed by atoms with Gasteiger partial charge in [0.15, 0.2) is 0 Å². The van der Waals surface area contributed by atoms with Crippen molar-refractivity contribution in [1.29, 1.82) is 0 Å². The second-order valence-electron chi connectivity index (χ2n) is 4.08. The Morgan fingerprint density at radius 3 is 2.22 bits per heavy atom. The number of carboxylic acids is 1. The maximum atomic E-state index is 12.0. The van der Waals surface area contributed by atoms with Gasteiger partial charge in [-0.25, -0.2) is 0 Å². The summed E-state index contributed by atoms with van der Waals surface area (Å²) in [5.74, 6) is -1.89. The van der Waals surface area contributed by atoms with Crippen LogP contribution in [-0.2, 0) is 4.79 Å². The van der Waals surface area contributed by atoms with E-state index in [-0.39, 0.29) is 12.5 Å². The second kappa shape index (κ2) is 6.07. The Bertz CT molecular complexity index is 456. The van der Waals surface area contributed by atoms with Gasteiger partial charge in [-0.3, -0.25) is 9.59 Å². The number of aliphatic carboxylic acids is 1. The second-order valence-corrected chi connectivity index (χ2v) is 4.96. The lowest BCUT2D eigenvalue weighted by Gasteiger charge is -2.19. The van der Waals surface area contributed by atoms with Crippen LogP contribution in [-0.4, -0.2) is 35.5 Å². The molecule has 0 fully saturated rings. The Kier molecular flexibility index (Phi) is 4.99. The predicted molar refractivity (Wildman–Crippen MR) is 70.2 cm³/mol. The zero-order valence-corrected chi connectivity index (χ0v) is 11.5. The summed E-state index contributed by atoms with van der Waals surface area (Å²) in [6, 6.07) is 4.52. The molecule has 4 nitrogen and oxygen atoms in total. The van der Waals surface area contributed by atoms with Gasteiger partial charge >= 0.3 is 5.97 Å². The van der Waals surface area contributed by atoms with Crippen LogP contribution in [0.4, 0.5) is 0 Å². The standard InChI is InChI=1S/C12H13Cl2NO3/c1-7(12(17)18)6-15(2)11(16)8-3-9(13)5-10(14)4-8/h3-5,7H,6H2,1-2H3,(H,17,18). The Balaban J connectivity index is 2.83. The average molecular weight is 290 g/mol. The SMILES string of the molecule is CC(CN(C)C(=O)c1cc(Cl)cc(Cl)c1)C(=O)O. The van der Waals surface area contributed by atoms with Crippen molar-refractivity contribution in [1.82, 2.24) is 4.90 Å². The fourth-order valence-electron chi connectivity index (χ4n) is 1.47. The van der Waals surface area contributed by atoms with Crippen molar-refractivity contribution in [3.05, 3.63) is 33.8 Å². The molecule has 1 aromatic carbocycles. The van der Waals surface area contributed by atoms with Gasteiger partial charge in [-0.2, -0.15) is 0 Å². The van der Waals surface area contributed by atoms with Crippen LogP contribution in [0.2, 0.25) is 10.0 Å². The van der Waals surface area contributed by atoms with Gasteiger partial charge in [0.25, 0.3) is 5.91 Å². The minimum absolute atomic E-state index is 0.123. The smallest absolute Gasteiger partial charge is 0.308 e. The topological polar surface area (TPSA) is 57.6 Å². The molecular weight excluding hydrogens is 277 g/mol. The molecule has 1 atom stereocenters. The lowest BCUT2D eigenvalue weighted by molar-refractivity contribution is -0.141. The van der Waals surface area contributed by atoms with Gasteiger partial charge in [0.05, 0.1) is 5.92 Å². The van der Waals surface area contributed by atoms with Crippen LogP contribution in [0.15, 0.2) is 18.2 Å². The molecule has 0 heterocycles. The molecule has 0 aliphatic carbocycles. The third kappa shape index (κ3) is 3.89. The molecule has 1 unspecified atom stereocenters. The lowest BCUT2D eigenvalue weighted by Crippen LogP contribution is -2.33. The van der Waals surface area contributed by atoms with Crippen LogP contribution < -0.4 is 0 Å². The van der Waals surface area contributed by atoms with Crippen molar-refractivity contribution < 1.29 is 14.7 Å². The van der Waals surface area contributed by atoms with Crippen molar-refractivity contribution in [2.24, 2.45) is 5.92 Å². The van der Waals surface area contributed by atoms with E-state index in [1.54, 1.807) is 0 Å². The summed E-state index contributed by atoms with van der Waals surface area (Å²) in [5, 5.41) is 9.52. The summed E-state index contributed by atoms with van der Waals surface area (Å²) in [6.45, 7) is 1.66. The molecule has 1 aromatic rings. The quantitative estimate of drug-likeness (QED) is 0.927. The van der Waals surface area contributed by atoms with Gasteiger partial charge < -0.3 is 10.0 Å². The van der Waals surface area contributed by atoms with Gasteiger partial charge in [-0.1, -0.05) is 30.1 Å². The largest absolute Gasteiger partial charge is 0.481 e. The molecule has 0 spiro atoms. The fourth-order valence-corrected chi connectivity index (χ4v) is 2.00. The van der Waals surface area contributed by atoms with Gasteiger partial charge in [0, 0.05) is 29.2 Å². The van der Waals surface area contributed by atoms with Crippen LogP contribution in [0.25, 0.3) is 0 Å². The highest BCUT2D eigenvalue weighted by Gasteiger charge is 2.19. The van der Waals surface area contributed by atoms with Crippen LogP contribution >= 0.6 is 23.2 Å². The van der Waals surface area contributed by atoms with E-state index >= 15 is 0 Å². The van der Waals surface area contributed by atoms with Gasteiger partial charge in [-0.05, 0) is 18.2 Å². The monoisotopic (exact) mass is 289 g/mol. The number of hydrogen-bond donors (Lipinski definition) is 1. The van der Waals surface area contributed by atoms with Crippen molar-refractivity contribution in [2.45, 2.75) is 6.92 Å². The predicted octanol–water partition coefficient (Wildman–Crippen LogP) is 2.79. The molecular formula is C12H13Cl2NO3. The number of nitrogens with zero attached hydrogens (tertiary/aromatic N) is 1. The molecule has 6 heteroatoms. The number of halogens is 2. The third-order valence-electron chi connectivity index (χ3n) is 2.43. The Morgan fingerprint density at radius 1 is 1.28 bits per heavy atom. The summed E-state index contributed by atoms with van der Waals surface area (Å²) >= 11 is 11.6. The minimum Gasteiger partial charge on any atom is -0.481 e. The van der Waals surface area contributed by atoms with Gasteiger partial charge in [-0.15, -0.1) is 0 Å². The fraction of sp³-hybridized carbons (Fsp3) is 0.333. The average Bonchev–Trinajstić information content (AvgIpc) is 2.26. The van der Waals surface area contributed by atoms with E-state index in [2.05, 4.69) is 0 Å². The minimum atomic E-state index is -0.946. The van der Waals surface area contributed by atoms with E-state index < -0.39 is 11.9 Å². The van der Waals surface area contributed by atoms with Crippen molar-refractivity contribution in [3.8, 4) is 0 Å². The molecule has 1 N–H and O–H groups in total. The lowest BCUT2D eigenvalue weighted by atomic mass is 10.1. The van der Waals surface area contributed by atoms with E-state index in [0.717, 1.165) is 0 Å². The van der Waals surface area contributed by atoms with Crippen LogP contribution in [0.3, 0.4) is 0 Å². The van der Waals surface area contributed by atoms with Gasteiger partial charge in [0.1, 0.15) is 0 Å². The number of benzene rings is 1. The number of amides is 1. The first-order chi connectivity index (χ1) is 8.31. The van der Waals surface area contributed by atoms with E-state index in [1.807, 2.05) is 0 Å². The Morgan fingerprint density at radius 2 is 1.78 bits per heavy atom. The molecule has 0 bridgehead atoms. The molecule has 0 aromatic heterocycles. The highest BCUT2D eigenvalue weighted by molar-refractivity contribution is 6.35. The summed E-state index contributed by atoms with van der Waals surface area (Å²) in [7, 11) is 1.54. The molecule has 0 aliphatic heterocycles. The van der Waals surface area contributed by atoms with Crippen LogP contribution in [0.5, 0.6) is 0 Å². The highest BCUT2D eigenvalue weighted by Crippen LogP contribution is 2.20. The van der Waals surface area contributed by atoms with E-state index in [4.69, 9.17) is 28.3 Å². The number of carboxylic acid groups (broad SMARTS) is 1. The van der Waals surface area contributed by atoms with E-state index in [9.17, 15) is 9.59 Å². The normalized spacial score (nSPS) is 12.0. The Labute approximate surface area is 115 Å². The molecule has 18 heavy (non-hydrogen) atoms. The van der Waals surface area contributed by atoms with E-state index in [0.29, 0.717) is 15.6 Å². The molecule has 0 saturated carbocycles. The zero-order valence-electron chi connectivity index (χ0n) is 9.98. The zero-order chi connectivity index (χ0) is 13.9. The summed E-state index contributed by atoms with van der Waals surface area (Å²) in [4.78, 5) is 24.1. The van der Waals surface area contributed by atoms with Crippen LogP contribution in [0, 0.1) is 5.92 Å². The summed E-state index contributed by atoms with van der Waals surface area (Å²) < 4.78 is 0. The molecule has 1 amide bonds. The van der Waals surface area contributed by atoms with Crippen molar-refractivity contribution >= 4 is 35.1 Å². The molecule has 1 rings (SSSR count). The van der Waals surface area contributed by atoms with Crippen LogP contribution in [0.1, 0.15) is 17.3 Å². The first-order valence-corrected chi connectivity index (χ1v) is 6.01. The van der Waals surface area contributed by atoms with Gasteiger partial charge in [0.2, 0.25) is 0 Å². The van der Waals surface area contributed by atoms with Crippen molar-refractivity contribution in [3.63, 3.8) is 0 Å². The molecule has 0 radical (unpaired) electrons. The molecule has 0 aliphatic rings.